The monoisotopic (exact) mass is 328 g/mol. The van der Waals surface area contributed by atoms with Gasteiger partial charge in [0, 0.05) is 28.6 Å². The third-order valence-electron chi connectivity index (χ3n) is 3.95. The highest BCUT2D eigenvalue weighted by Crippen LogP contribution is 2.29. The minimum absolute atomic E-state index is 0.0626. The van der Waals surface area contributed by atoms with E-state index in [2.05, 4.69) is 11.1 Å². The molecule has 5 nitrogen and oxygen atoms in total. The SMILES string of the molecule is Cc1ccc2c(-c3nccs3)cc(=O)n(CC3OCCO3)c2c1. The van der Waals surface area contributed by atoms with Gasteiger partial charge in [-0.2, -0.15) is 0 Å². The molecule has 0 saturated carbocycles. The molecule has 23 heavy (non-hydrogen) atoms. The number of fused-ring (bicyclic) bond motifs is 1. The minimum atomic E-state index is -0.359. The zero-order chi connectivity index (χ0) is 15.8. The second-order valence-electron chi connectivity index (χ2n) is 5.54. The summed E-state index contributed by atoms with van der Waals surface area (Å²) in [5.41, 5.74) is 2.81. The van der Waals surface area contributed by atoms with Gasteiger partial charge < -0.3 is 14.0 Å². The first-order valence-corrected chi connectivity index (χ1v) is 8.37. The molecule has 3 heterocycles. The predicted octanol–water partition coefficient (Wildman–Crippen LogP) is 2.81. The quantitative estimate of drug-likeness (QED) is 0.742. The van der Waals surface area contributed by atoms with E-state index in [4.69, 9.17) is 9.47 Å². The number of aromatic nitrogens is 2. The first kappa shape index (κ1) is 14.6. The lowest BCUT2D eigenvalue weighted by Crippen LogP contribution is -2.27. The van der Waals surface area contributed by atoms with Crippen LogP contribution >= 0.6 is 11.3 Å². The van der Waals surface area contributed by atoms with Crippen molar-refractivity contribution < 1.29 is 9.47 Å². The first-order valence-electron chi connectivity index (χ1n) is 7.49. The van der Waals surface area contributed by atoms with Crippen molar-refractivity contribution in [3.63, 3.8) is 0 Å². The summed E-state index contributed by atoms with van der Waals surface area (Å²) in [5.74, 6) is 0. The van der Waals surface area contributed by atoms with Crippen LogP contribution in [0.5, 0.6) is 0 Å². The number of rotatable bonds is 3. The van der Waals surface area contributed by atoms with Gasteiger partial charge in [-0.05, 0) is 18.6 Å². The molecule has 0 amide bonds. The van der Waals surface area contributed by atoms with Gasteiger partial charge in [-0.25, -0.2) is 4.98 Å². The number of hydrogen-bond acceptors (Lipinski definition) is 5. The standard InChI is InChI=1S/C17H16N2O3S/c1-11-2-3-12-13(17-18-4-7-23-17)9-15(20)19(14(12)8-11)10-16-21-5-6-22-16/h2-4,7-9,16H,5-6,10H2,1H3. The van der Waals surface area contributed by atoms with Crippen LogP contribution in [0.2, 0.25) is 0 Å². The lowest BCUT2D eigenvalue weighted by molar-refractivity contribution is -0.0522. The van der Waals surface area contributed by atoms with Crippen molar-refractivity contribution in [1.82, 2.24) is 9.55 Å². The van der Waals surface area contributed by atoms with Gasteiger partial charge in [-0.3, -0.25) is 4.79 Å². The van der Waals surface area contributed by atoms with Crippen molar-refractivity contribution in [1.29, 1.82) is 0 Å². The van der Waals surface area contributed by atoms with Crippen molar-refractivity contribution in [2.45, 2.75) is 19.8 Å². The number of nitrogens with zero attached hydrogens (tertiary/aromatic N) is 2. The molecule has 0 aliphatic carbocycles. The first-order chi connectivity index (χ1) is 11.2. The minimum Gasteiger partial charge on any atom is -0.348 e. The fourth-order valence-electron chi connectivity index (χ4n) is 2.87. The molecule has 0 N–H and O–H groups in total. The number of ether oxygens (including phenoxy) is 2. The van der Waals surface area contributed by atoms with E-state index in [0.29, 0.717) is 19.8 Å². The molecule has 1 saturated heterocycles. The Hall–Kier alpha value is -2.02. The Kier molecular flexibility index (Phi) is 3.72. The van der Waals surface area contributed by atoms with E-state index in [1.54, 1.807) is 16.8 Å². The Morgan fingerprint density at radius 3 is 2.87 bits per heavy atom. The summed E-state index contributed by atoms with van der Waals surface area (Å²) in [5, 5.41) is 3.79. The highest BCUT2D eigenvalue weighted by Gasteiger charge is 2.19. The summed E-state index contributed by atoms with van der Waals surface area (Å²) in [6.45, 7) is 3.57. The maximum atomic E-state index is 12.7. The van der Waals surface area contributed by atoms with Crippen LogP contribution in [0.1, 0.15) is 5.56 Å². The maximum Gasteiger partial charge on any atom is 0.251 e. The summed E-state index contributed by atoms with van der Waals surface area (Å²) in [6.07, 6.45) is 1.40. The zero-order valence-corrected chi connectivity index (χ0v) is 13.5. The van der Waals surface area contributed by atoms with Crippen LogP contribution in [0, 0.1) is 6.92 Å². The second-order valence-corrected chi connectivity index (χ2v) is 6.43. The van der Waals surface area contributed by atoms with E-state index in [9.17, 15) is 4.79 Å². The molecule has 0 atom stereocenters. The molecule has 1 aliphatic rings. The Labute approximate surface area is 137 Å². The predicted molar refractivity (Wildman–Crippen MR) is 89.7 cm³/mol. The molecule has 0 unspecified atom stereocenters. The number of thiazole rings is 1. The molecular formula is C17H16N2O3S. The van der Waals surface area contributed by atoms with E-state index >= 15 is 0 Å². The summed E-state index contributed by atoms with van der Waals surface area (Å²) in [4.78, 5) is 17.0. The van der Waals surface area contributed by atoms with Crippen molar-refractivity contribution >= 4 is 22.2 Å². The Bertz CT molecular complexity index is 896. The van der Waals surface area contributed by atoms with Crippen LogP contribution in [-0.2, 0) is 16.0 Å². The van der Waals surface area contributed by atoms with E-state index in [0.717, 1.165) is 27.0 Å². The van der Waals surface area contributed by atoms with E-state index in [1.807, 2.05) is 24.4 Å². The third kappa shape index (κ3) is 2.69. The van der Waals surface area contributed by atoms with Crippen LogP contribution in [0.3, 0.4) is 0 Å². The molecule has 2 aromatic heterocycles. The van der Waals surface area contributed by atoms with Crippen LogP contribution in [0.25, 0.3) is 21.5 Å². The lowest BCUT2D eigenvalue weighted by atomic mass is 10.1. The highest BCUT2D eigenvalue weighted by molar-refractivity contribution is 7.13. The van der Waals surface area contributed by atoms with Gasteiger partial charge in [-0.1, -0.05) is 12.1 Å². The molecule has 1 aromatic carbocycles. The van der Waals surface area contributed by atoms with Gasteiger partial charge in [0.2, 0.25) is 0 Å². The van der Waals surface area contributed by atoms with Crippen LogP contribution in [0.15, 0.2) is 40.6 Å². The fourth-order valence-corrected chi connectivity index (χ4v) is 3.54. The topological polar surface area (TPSA) is 53.4 Å². The van der Waals surface area contributed by atoms with Gasteiger partial charge >= 0.3 is 0 Å². The Morgan fingerprint density at radius 1 is 1.30 bits per heavy atom. The molecule has 0 radical (unpaired) electrons. The number of pyridine rings is 1. The number of hydrogen-bond donors (Lipinski definition) is 0. The van der Waals surface area contributed by atoms with E-state index in [-0.39, 0.29) is 11.8 Å². The Morgan fingerprint density at radius 2 is 2.13 bits per heavy atom. The zero-order valence-electron chi connectivity index (χ0n) is 12.7. The van der Waals surface area contributed by atoms with E-state index in [1.165, 1.54) is 11.3 Å². The molecule has 3 aromatic rings. The van der Waals surface area contributed by atoms with Crippen molar-refractivity contribution in [2.75, 3.05) is 13.2 Å². The highest BCUT2D eigenvalue weighted by atomic mass is 32.1. The number of aryl methyl sites for hydroxylation is 1. The summed E-state index contributed by atoms with van der Waals surface area (Å²) in [6, 6.07) is 7.79. The van der Waals surface area contributed by atoms with E-state index < -0.39 is 0 Å². The largest absolute Gasteiger partial charge is 0.348 e. The van der Waals surface area contributed by atoms with Gasteiger partial charge in [0.25, 0.3) is 5.56 Å². The Balaban J connectivity index is 1.93. The summed E-state index contributed by atoms with van der Waals surface area (Å²) < 4.78 is 12.7. The summed E-state index contributed by atoms with van der Waals surface area (Å²) >= 11 is 1.53. The van der Waals surface area contributed by atoms with Crippen molar-refractivity contribution in [2.24, 2.45) is 0 Å². The second kappa shape index (κ2) is 5.88. The van der Waals surface area contributed by atoms with Crippen LogP contribution in [0.4, 0.5) is 0 Å². The average molecular weight is 328 g/mol. The normalized spacial score (nSPS) is 15.5. The van der Waals surface area contributed by atoms with Gasteiger partial charge in [0.05, 0.1) is 25.3 Å². The summed E-state index contributed by atoms with van der Waals surface area (Å²) in [7, 11) is 0. The van der Waals surface area contributed by atoms with Crippen molar-refractivity contribution in [3.8, 4) is 10.6 Å². The molecule has 4 rings (SSSR count). The third-order valence-corrected chi connectivity index (χ3v) is 4.76. The molecule has 6 heteroatoms. The molecule has 1 aliphatic heterocycles. The number of benzene rings is 1. The smallest absolute Gasteiger partial charge is 0.251 e. The lowest BCUT2D eigenvalue weighted by Gasteiger charge is -2.16. The molecule has 1 fully saturated rings. The van der Waals surface area contributed by atoms with Crippen molar-refractivity contribution in [3.05, 3.63) is 51.8 Å². The molecule has 0 spiro atoms. The molecular weight excluding hydrogens is 312 g/mol. The fraction of sp³-hybridized carbons (Fsp3) is 0.294. The van der Waals surface area contributed by atoms with Crippen LogP contribution < -0.4 is 5.56 Å². The van der Waals surface area contributed by atoms with Gasteiger partial charge in [0.1, 0.15) is 5.01 Å². The molecule has 118 valence electrons. The maximum absolute atomic E-state index is 12.7. The van der Waals surface area contributed by atoms with Crippen LogP contribution in [-0.4, -0.2) is 29.1 Å². The van der Waals surface area contributed by atoms with Gasteiger partial charge in [-0.15, -0.1) is 11.3 Å². The average Bonchev–Trinajstić information content (AvgIpc) is 3.23. The molecule has 0 bridgehead atoms. The van der Waals surface area contributed by atoms with Gasteiger partial charge in [0.15, 0.2) is 6.29 Å².